The summed E-state index contributed by atoms with van der Waals surface area (Å²) in [5, 5.41) is 0.414. The molecule has 19 heavy (non-hydrogen) atoms. The van der Waals surface area contributed by atoms with E-state index >= 15 is 0 Å². The van der Waals surface area contributed by atoms with E-state index in [4.69, 9.17) is 5.73 Å². The second-order valence-electron chi connectivity index (χ2n) is 3.95. The molecular weight excluding hydrogens is 261 g/mol. The van der Waals surface area contributed by atoms with Crippen molar-refractivity contribution in [3.8, 4) is 21.7 Å². The third kappa shape index (κ3) is 2.20. The molecule has 5 heteroatoms. The van der Waals surface area contributed by atoms with E-state index in [9.17, 15) is 4.39 Å². The smallest absolute Gasteiger partial charge is 0.181 e. The Balaban J connectivity index is 2.21. The molecule has 0 aliphatic heterocycles. The first-order chi connectivity index (χ1) is 9.25. The molecule has 0 unspecified atom stereocenters. The Kier molecular flexibility index (Phi) is 2.97. The van der Waals surface area contributed by atoms with E-state index in [1.807, 2.05) is 12.1 Å². The molecule has 0 spiro atoms. The molecule has 0 atom stereocenters. The monoisotopic (exact) mass is 271 g/mol. The van der Waals surface area contributed by atoms with Crippen molar-refractivity contribution in [3.05, 3.63) is 54.6 Å². The van der Waals surface area contributed by atoms with Gasteiger partial charge in [0.15, 0.2) is 5.13 Å². The van der Waals surface area contributed by atoms with E-state index in [2.05, 4.69) is 9.97 Å². The van der Waals surface area contributed by atoms with Gasteiger partial charge in [-0.25, -0.2) is 9.37 Å². The summed E-state index contributed by atoms with van der Waals surface area (Å²) in [7, 11) is 0. The van der Waals surface area contributed by atoms with Crippen LogP contribution in [0.2, 0.25) is 0 Å². The van der Waals surface area contributed by atoms with E-state index < -0.39 is 0 Å². The number of hydrogen-bond acceptors (Lipinski definition) is 4. The molecule has 2 heterocycles. The molecule has 0 bridgehead atoms. The lowest BCUT2D eigenvalue weighted by Crippen LogP contribution is -1.86. The molecule has 3 aromatic rings. The Morgan fingerprint density at radius 2 is 1.95 bits per heavy atom. The third-order valence-electron chi connectivity index (χ3n) is 2.70. The zero-order chi connectivity index (χ0) is 13.2. The van der Waals surface area contributed by atoms with Gasteiger partial charge in [0.05, 0.1) is 10.6 Å². The maximum Gasteiger partial charge on any atom is 0.181 e. The van der Waals surface area contributed by atoms with Crippen LogP contribution in [0.4, 0.5) is 9.52 Å². The third-order valence-corrected chi connectivity index (χ3v) is 3.61. The van der Waals surface area contributed by atoms with Gasteiger partial charge >= 0.3 is 0 Å². The molecule has 94 valence electrons. The van der Waals surface area contributed by atoms with E-state index in [1.165, 1.54) is 17.4 Å². The minimum atomic E-state index is -0.281. The minimum Gasteiger partial charge on any atom is -0.375 e. The average Bonchev–Trinajstić information content (AvgIpc) is 2.82. The van der Waals surface area contributed by atoms with Crippen LogP contribution < -0.4 is 5.73 Å². The van der Waals surface area contributed by atoms with Gasteiger partial charge in [-0.1, -0.05) is 29.5 Å². The first-order valence-corrected chi connectivity index (χ1v) is 6.49. The van der Waals surface area contributed by atoms with Gasteiger partial charge in [-0.15, -0.1) is 0 Å². The van der Waals surface area contributed by atoms with Gasteiger partial charge in [0.25, 0.3) is 0 Å². The van der Waals surface area contributed by atoms with Crippen LogP contribution in [0, 0.1) is 5.82 Å². The van der Waals surface area contributed by atoms with E-state index in [0.29, 0.717) is 16.4 Å². The number of aromatic nitrogens is 2. The molecule has 0 aliphatic rings. The molecule has 2 aromatic heterocycles. The number of benzene rings is 1. The van der Waals surface area contributed by atoms with Crippen molar-refractivity contribution >= 4 is 16.5 Å². The summed E-state index contributed by atoms with van der Waals surface area (Å²) < 4.78 is 13.9. The Hall–Kier alpha value is -2.27. The van der Waals surface area contributed by atoms with E-state index in [-0.39, 0.29) is 5.82 Å². The minimum absolute atomic E-state index is 0.281. The molecule has 0 radical (unpaired) electrons. The molecule has 0 saturated carbocycles. The van der Waals surface area contributed by atoms with Crippen molar-refractivity contribution in [2.45, 2.75) is 0 Å². The maximum absolute atomic E-state index is 13.9. The highest BCUT2D eigenvalue weighted by Gasteiger charge is 2.16. The zero-order valence-electron chi connectivity index (χ0n) is 9.88. The summed E-state index contributed by atoms with van der Waals surface area (Å²) in [6.45, 7) is 0. The topological polar surface area (TPSA) is 51.8 Å². The van der Waals surface area contributed by atoms with Gasteiger partial charge in [0.2, 0.25) is 0 Å². The number of rotatable bonds is 2. The lowest BCUT2D eigenvalue weighted by Gasteiger charge is -2.03. The number of hydrogen-bond donors (Lipinski definition) is 1. The quantitative estimate of drug-likeness (QED) is 0.775. The van der Waals surface area contributed by atoms with Crippen LogP contribution in [0.25, 0.3) is 21.7 Å². The predicted octanol–water partition coefficient (Wildman–Crippen LogP) is 3.59. The van der Waals surface area contributed by atoms with Crippen LogP contribution in [-0.2, 0) is 0 Å². The highest BCUT2D eigenvalue weighted by atomic mass is 32.1. The van der Waals surface area contributed by atoms with E-state index in [0.717, 1.165) is 10.4 Å². The number of nitrogens with zero attached hydrogens (tertiary/aromatic N) is 2. The number of thiazole rings is 1. The van der Waals surface area contributed by atoms with Gasteiger partial charge in [-0.3, -0.25) is 4.98 Å². The molecule has 0 amide bonds. The van der Waals surface area contributed by atoms with Gasteiger partial charge in [-0.2, -0.15) is 0 Å². The fraction of sp³-hybridized carbons (Fsp3) is 0. The summed E-state index contributed by atoms with van der Waals surface area (Å²) >= 11 is 1.28. The van der Waals surface area contributed by atoms with Crippen LogP contribution >= 0.6 is 11.3 Å². The molecule has 3 rings (SSSR count). The van der Waals surface area contributed by atoms with Crippen LogP contribution in [0.1, 0.15) is 0 Å². The number of anilines is 1. The predicted molar refractivity (Wildman–Crippen MR) is 75.2 cm³/mol. The van der Waals surface area contributed by atoms with Crippen LogP contribution in [0.3, 0.4) is 0 Å². The zero-order valence-corrected chi connectivity index (χ0v) is 10.7. The molecule has 1 aromatic carbocycles. The lowest BCUT2D eigenvalue weighted by molar-refractivity contribution is 0.631. The second-order valence-corrected chi connectivity index (χ2v) is 4.98. The Labute approximate surface area is 113 Å². The number of nitrogens with two attached hydrogens (primary N) is 1. The average molecular weight is 271 g/mol. The molecule has 0 aliphatic carbocycles. The SMILES string of the molecule is Nc1nc(-c2cccnc2)c(-c2ccccc2F)s1. The molecule has 0 fully saturated rings. The van der Waals surface area contributed by atoms with Crippen molar-refractivity contribution in [2.75, 3.05) is 5.73 Å². The molecule has 2 N–H and O–H groups in total. The number of pyridine rings is 1. The van der Waals surface area contributed by atoms with E-state index in [1.54, 1.807) is 30.6 Å². The second kappa shape index (κ2) is 4.78. The number of halogens is 1. The van der Waals surface area contributed by atoms with Crippen LogP contribution in [0.15, 0.2) is 48.8 Å². The summed E-state index contributed by atoms with van der Waals surface area (Å²) in [5.41, 5.74) is 7.77. The summed E-state index contributed by atoms with van der Waals surface area (Å²) in [6, 6.07) is 10.3. The normalized spacial score (nSPS) is 10.6. The maximum atomic E-state index is 13.9. The molecular formula is C14H10FN3S. The van der Waals surface area contributed by atoms with Crippen molar-refractivity contribution in [3.63, 3.8) is 0 Å². The van der Waals surface area contributed by atoms with Gasteiger partial charge < -0.3 is 5.73 Å². The molecule has 0 saturated heterocycles. The summed E-state index contributed by atoms with van der Waals surface area (Å²) in [4.78, 5) is 9.07. The Morgan fingerprint density at radius 1 is 1.11 bits per heavy atom. The van der Waals surface area contributed by atoms with Crippen LogP contribution in [0.5, 0.6) is 0 Å². The number of nitrogen functional groups attached to an aromatic ring is 1. The summed E-state index contributed by atoms with van der Waals surface area (Å²) in [5.74, 6) is -0.281. The van der Waals surface area contributed by atoms with Gasteiger partial charge in [0.1, 0.15) is 5.82 Å². The van der Waals surface area contributed by atoms with Crippen molar-refractivity contribution in [1.29, 1.82) is 0 Å². The Morgan fingerprint density at radius 3 is 2.68 bits per heavy atom. The fourth-order valence-electron chi connectivity index (χ4n) is 1.86. The first kappa shape index (κ1) is 11.8. The lowest BCUT2D eigenvalue weighted by atomic mass is 10.1. The highest BCUT2D eigenvalue weighted by molar-refractivity contribution is 7.19. The highest BCUT2D eigenvalue weighted by Crippen LogP contribution is 2.38. The van der Waals surface area contributed by atoms with Gasteiger partial charge in [-0.05, 0) is 18.2 Å². The van der Waals surface area contributed by atoms with Gasteiger partial charge in [0, 0.05) is 23.5 Å². The Bertz CT molecular complexity index is 710. The fourth-order valence-corrected chi connectivity index (χ4v) is 2.74. The first-order valence-electron chi connectivity index (χ1n) is 5.67. The van der Waals surface area contributed by atoms with Crippen LogP contribution in [-0.4, -0.2) is 9.97 Å². The largest absolute Gasteiger partial charge is 0.375 e. The van der Waals surface area contributed by atoms with Crippen molar-refractivity contribution in [1.82, 2.24) is 9.97 Å². The standard InChI is InChI=1S/C14H10FN3S/c15-11-6-2-1-5-10(11)13-12(18-14(16)19-13)9-4-3-7-17-8-9/h1-8H,(H2,16,18). The van der Waals surface area contributed by atoms with Crippen molar-refractivity contribution in [2.24, 2.45) is 0 Å². The molecule has 3 nitrogen and oxygen atoms in total. The summed E-state index contributed by atoms with van der Waals surface area (Å²) in [6.07, 6.45) is 3.38. The van der Waals surface area contributed by atoms with Crippen molar-refractivity contribution < 1.29 is 4.39 Å².